The molecule has 1 aromatic carbocycles. The zero-order valence-corrected chi connectivity index (χ0v) is 8.97. The van der Waals surface area contributed by atoms with E-state index >= 15 is 0 Å². The maximum atomic E-state index is 13.2. The van der Waals surface area contributed by atoms with Crippen molar-refractivity contribution in [3.63, 3.8) is 0 Å². The third kappa shape index (κ3) is 2.85. The summed E-state index contributed by atoms with van der Waals surface area (Å²) >= 11 is 5.47. The van der Waals surface area contributed by atoms with Crippen LogP contribution in [0.3, 0.4) is 0 Å². The van der Waals surface area contributed by atoms with E-state index in [-0.39, 0.29) is 16.8 Å². The predicted octanol–water partition coefficient (Wildman–Crippen LogP) is 3.29. The fourth-order valence-corrected chi connectivity index (χ4v) is 1.33. The quantitative estimate of drug-likeness (QED) is 0.841. The van der Waals surface area contributed by atoms with Crippen molar-refractivity contribution in [2.75, 3.05) is 5.32 Å². The van der Waals surface area contributed by atoms with Gasteiger partial charge in [0.1, 0.15) is 11.6 Å². The molecule has 3 nitrogen and oxygen atoms in total. The Kier molecular flexibility index (Phi) is 3.14. The van der Waals surface area contributed by atoms with Gasteiger partial charge in [-0.1, -0.05) is 0 Å². The average molecular weight is 260 g/mol. The van der Waals surface area contributed by atoms with Gasteiger partial charge in [-0.2, -0.15) is 4.98 Å². The number of anilines is 2. The van der Waals surface area contributed by atoms with Crippen LogP contribution in [0.2, 0.25) is 5.28 Å². The van der Waals surface area contributed by atoms with E-state index in [1.54, 1.807) is 0 Å². The monoisotopic (exact) mass is 259 g/mol. The summed E-state index contributed by atoms with van der Waals surface area (Å²) in [4.78, 5) is 6.96. The van der Waals surface area contributed by atoms with Crippen molar-refractivity contribution in [1.29, 1.82) is 0 Å². The molecular formula is C10H5ClF3N3. The topological polar surface area (TPSA) is 37.8 Å². The van der Waals surface area contributed by atoms with Crippen molar-refractivity contribution in [3.8, 4) is 0 Å². The highest BCUT2D eigenvalue weighted by atomic mass is 35.5. The number of nitrogens with zero attached hydrogens (tertiary/aromatic N) is 2. The minimum Gasteiger partial charge on any atom is -0.337 e. The molecule has 2 rings (SSSR count). The maximum absolute atomic E-state index is 13.2. The molecular weight excluding hydrogens is 255 g/mol. The summed E-state index contributed by atoms with van der Waals surface area (Å²) in [6.07, 6.45) is 0.854. The number of halogens is 4. The second-order valence-electron chi connectivity index (χ2n) is 3.12. The summed E-state index contributed by atoms with van der Waals surface area (Å²) in [6, 6.07) is 2.70. The summed E-state index contributed by atoms with van der Waals surface area (Å²) in [5, 5.41) is 2.23. The van der Waals surface area contributed by atoms with Crippen LogP contribution in [-0.4, -0.2) is 9.97 Å². The zero-order chi connectivity index (χ0) is 12.4. The highest BCUT2D eigenvalue weighted by molar-refractivity contribution is 6.28. The van der Waals surface area contributed by atoms with Gasteiger partial charge in [0.2, 0.25) is 5.28 Å². The summed E-state index contributed by atoms with van der Waals surface area (Å²) in [7, 11) is 0. The Morgan fingerprint density at radius 1 is 1.06 bits per heavy atom. The molecule has 17 heavy (non-hydrogen) atoms. The van der Waals surface area contributed by atoms with Crippen molar-refractivity contribution in [3.05, 3.63) is 47.1 Å². The minimum absolute atomic E-state index is 0.0242. The molecule has 0 unspecified atom stereocenters. The van der Waals surface area contributed by atoms with E-state index in [9.17, 15) is 13.2 Å². The van der Waals surface area contributed by atoms with Gasteiger partial charge in [-0.25, -0.2) is 18.2 Å². The van der Waals surface area contributed by atoms with Crippen molar-refractivity contribution in [1.82, 2.24) is 9.97 Å². The molecule has 1 N–H and O–H groups in total. The van der Waals surface area contributed by atoms with E-state index in [0.29, 0.717) is 6.07 Å². The van der Waals surface area contributed by atoms with Crippen molar-refractivity contribution in [2.24, 2.45) is 0 Å². The number of aromatic nitrogens is 2. The highest BCUT2D eigenvalue weighted by Gasteiger charge is 2.07. The van der Waals surface area contributed by atoms with E-state index in [2.05, 4.69) is 15.3 Å². The van der Waals surface area contributed by atoms with Crippen molar-refractivity contribution in [2.45, 2.75) is 0 Å². The second-order valence-corrected chi connectivity index (χ2v) is 3.46. The second kappa shape index (κ2) is 4.58. The molecule has 0 atom stereocenters. The lowest BCUT2D eigenvalue weighted by Crippen LogP contribution is -1.99. The lowest BCUT2D eigenvalue weighted by atomic mass is 10.3. The zero-order valence-electron chi connectivity index (χ0n) is 8.22. The number of benzene rings is 1. The van der Waals surface area contributed by atoms with E-state index in [4.69, 9.17) is 11.6 Å². The predicted molar refractivity (Wildman–Crippen MR) is 56.6 cm³/mol. The van der Waals surface area contributed by atoms with Crippen molar-refractivity contribution < 1.29 is 13.2 Å². The Morgan fingerprint density at radius 3 is 2.35 bits per heavy atom. The molecule has 0 aliphatic rings. The first-order chi connectivity index (χ1) is 8.04. The molecule has 0 saturated carbocycles. The minimum atomic E-state index is -0.784. The summed E-state index contributed by atoms with van der Waals surface area (Å²) in [5.74, 6) is -2.60. The van der Waals surface area contributed by atoms with Gasteiger partial charge >= 0.3 is 0 Å². The van der Waals surface area contributed by atoms with Crippen LogP contribution < -0.4 is 5.32 Å². The number of nitrogens with one attached hydrogen (secondary N) is 1. The fourth-order valence-electron chi connectivity index (χ4n) is 1.20. The van der Waals surface area contributed by atoms with Crippen LogP contribution in [0, 0.1) is 17.5 Å². The molecule has 2 aromatic rings. The Bertz CT molecular complexity index is 542. The van der Waals surface area contributed by atoms with Crippen LogP contribution in [0.1, 0.15) is 0 Å². The molecule has 1 aromatic heterocycles. The third-order valence-electron chi connectivity index (χ3n) is 1.84. The molecule has 0 saturated heterocycles. The standard InChI is InChI=1S/C10H5ClF3N3/c11-10-15-4-8(14)9(17-10)16-7-2-5(12)1-6(13)3-7/h1-4H,(H,15,16,17). The van der Waals surface area contributed by atoms with Gasteiger partial charge in [-0.05, 0) is 23.7 Å². The summed E-state index contributed by atoms with van der Waals surface area (Å²) in [6.45, 7) is 0. The normalized spacial score (nSPS) is 10.4. The third-order valence-corrected chi connectivity index (χ3v) is 2.02. The van der Waals surface area contributed by atoms with E-state index in [1.807, 2.05) is 0 Å². The Morgan fingerprint density at radius 2 is 1.71 bits per heavy atom. The largest absolute Gasteiger partial charge is 0.337 e. The molecule has 0 amide bonds. The first-order valence-electron chi connectivity index (χ1n) is 4.46. The lowest BCUT2D eigenvalue weighted by molar-refractivity contribution is 0.584. The lowest BCUT2D eigenvalue weighted by Gasteiger charge is -2.06. The Hall–Kier alpha value is -1.82. The van der Waals surface area contributed by atoms with Gasteiger partial charge in [0.15, 0.2) is 11.6 Å². The summed E-state index contributed by atoms with van der Waals surface area (Å²) in [5.41, 5.74) is 0.0242. The van der Waals surface area contributed by atoms with Crippen LogP contribution in [0.5, 0.6) is 0 Å². The fraction of sp³-hybridized carbons (Fsp3) is 0. The number of hydrogen-bond acceptors (Lipinski definition) is 3. The summed E-state index contributed by atoms with van der Waals surface area (Å²) < 4.78 is 39.0. The molecule has 0 bridgehead atoms. The smallest absolute Gasteiger partial charge is 0.224 e. The molecule has 1 heterocycles. The van der Waals surface area contributed by atoms with Gasteiger partial charge in [0.05, 0.1) is 6.20 Å². The molecule has 0 aliphatic heterocycles. The van der Waals surface area contributed by atoms with Crippen LogP contribution in [-0.2, 0) is 0 Å². The number of hydrogen-bond donors (Lipinski definition) is 1. The Balaban J connectivity index is 2.34. The van der Waals surface area contributed by atoms with Crippen LogP contribution in [0.4, 0.5) is 24.7 Å². The van der Waals surface area contributed by atoms with Crippen molar-refractivity contribution >= 4 is 23.1 Å². The van der Waals surface area contributed by atoms with E-state index in [1.165, 1.54) is 0 Å². The molecule has 0 radical (unpaired) electrons. The van der Waals surface area contributed by atoms with Crippen LogP contribution in [0.15, 0.2) is 24.4 Å². The molecule has 0 spiro atoms. The molecule has 7 heteroatoms. The van der Waals surface area contributed by atoms with Crippen LogP contribution in [0.25, 0.3) is 0 Å². The number of rotatable bonds is 2. The maximum Gasteiger partial charge on any atom is 0.224 e. The van der Waals surface area contributed by atoms with Crippen LogP contribution >= 0.6 is 11.6 Å². The Labute approximate surface area is 99.3 Å². The van der Waals surface area contributed by atoms with Gasteiger partial charge in [0.25, 0.3) is 0 Å². The van der Waals surface area contributed by atoms with Gasteiger partial charge < -0.3 is 5.32 Å². The first kappa shape index (κ1) is 11.7. The SMILES string of the molecule is Fc1cc(F)cc(Nc2nc(Cl)ncc2F)c1. The van der Waals surface area contributed by atoms with Gasteiger partial charge in [-0.3, -0.25) is 0 Å². The molecule has 0 aliphatic carbocycles. The van der Waals surface area contributed by atoms with E-state index < -0.39 is 17.5 Å². The molecule has 88 valence electrons. The average Bonchev–Trinajstić information content (AvgIpc) is 2.22. The molecule has 0 fully saturated rings. The highest BCUT2D eigenvalue weighted by Crippen LogP contribution is 2.20. The van der Waals surface area contributed by atoms with E-state index in [0.717, 1.165) is 18.3 Å². The van der Waals surface area contributed by atoms with Gasteiger partial charge in [-0.15, -0.1) is 0 Å². The first-order valence-corrected chi connectivity index (χ1v) is 4.83. The van der Waals surface area contributed by atoms with Gasteiger partial charge in [0, 0.05) is 11.8 Å².